The van der Waals surface area contributed by atoms with Crippen LogP contribution < -0.4 is 11.5 Å². The van der Waals surface area contributed by atoms with Crippen molar-refractivity contribution >= 4 is 27.9 Å². The van der Waals surface area contributed by atoms with E-state index >= 15 is 0 Å². The average Bonchev–Trinajstić information content (AvgIpc) is 3.33. The summed E-state index contributed by atoms with van der Waals surface area (Å²) < 4.78 is 15.3. The van der Waals surface area contributed by atoms with Crippen molar-refractivity contribution in [1.82, 2.24) is 24.5 Å². The van der Waals surface area contributed by atoms with E-state index in [1.54, 1.807) is 18.5 Å². The van der Waals surface area contributed by atoms with Crippen LogP contribution in [0.15, 0.2) is 55.1 Å². The molecule has 0 spiro atoms. The van der Waals surface area contributed by atoms with Crippen LogP contribution in [-0.4, -0.2) is 24.5 Å². The van der Waals surface area contributed by atoms with Gasteiger partial charge in [0.25, 0.3) is 0 Å². The maximum atomic E-state index is 13.4. The molecule has 29 heavy (non-hydrogen) atoms. The van der Waals surface area contributed by atoms with Gasteiger partial charge in [-0.25, -0.2) is 19.3 Å². The van der Waals surface area contributed by atoms with Gasteiger partial charge in [-0.1, -0.05) is 12.1 Å². The van der Waals surface area contributed by atoms with Gasteiger partial charge in [-0.3, -0.25) is 0 Å². The van der Waals surface area contributed by atoms with E-state index in [-0.39, 0.29) is 5.82 Å². The lowest BCUT2D eigenvalue weighted by molar-refractivity contribution is 0.628. The quantitative estimate of drug-likeness (QED) is 0.438. The Kier molecular flexibility index (Phi) is 3.99. The Labute approximate surface area is 165 Å². The molecule has 0 fully saturated rings. The molecule has 0 saturated heterocycles. The number of benzene rings is 2. The third-order valence-electron chi connectivity index (χ3n) is 5.03. The SMILES string of the molecule is NCc1cc2cc(-c3ccc(F)cc3)cc(Cn3cnc4c(N)ncnc43)c2[nH]1. The average molecular weight is 387 g/mol. The van der Waals surface area contributed by atoms with Crippen molar-refractivity contribution in [2.24, 2.45) is 5.73 Å². The molecule has 5 aromatic rings. The minimum absolute atomic E-state index is 0.260. The zero-order chi connectivity index (χ0) is 20.0. The molecule has 0 aliphatic carbocycles. The van der Waals surface area contributed by atoms with E-state index < -0.39 is 0 Å². The summed E-state index contributed by atoms with van der Waals surface area (Å²) in [6, 6.07) is 12.7. The number of halogens is 1. The van der Waals surface area contributed by atoms with Crippen molar-refractivity contribution in [2.45, 2.75) is 13.1 Å². The van der Waals surface area contributed by atoms with Gasteiger partial charge in [0.1, 0.15) is 17.7 Å². The first-order chi connectivity index (χ1) is 14.1. The standard InChI is InChI=1S/C21H18FN7/c22-16-3-1-12(2-4-16)13-5-14-7-17(8-23)28-18(14)15(6-13)9-29-11-27-19-20(24)25-10-26-21(19)29/h1-7,10-11,28H,8-9,23H2,(H2,24,25,26). The number of hydrogen-bond donors (Lipinski definition) is 3. The maximum absolute atomic E-state index is 13.4. The first kappa shape index (κ1) is 17.3. The summed E-state index contributed by atoms with van der Waals surface area (Å²) in [5.41, 5.74) is 17.9. The third-order valence-corrected chi connectivity index (χ3v) is 5.03. The Morgan fingerprint density at radius 1 is 1.00 bits per heavy atom. The van der Waals surface area contributed by atoms with Gasteiger partial charge in [0, 0.05) is 17.6 Å². The molecule has 0 saturated carbocycles. The Hall–Kier alpha value is -3.78. The highest BCUT2D eigenvalue weighted by Crippen LogP contribution is 2.30. The van der Waals surface area contributed by atoms with Gasteiger partial charge in [-0.15, -0.1) is 0 Å². The second kappa shape index (κ2) is 6.68. The number of nitrogen functional groups attached to an aromatic ring is 1. The van der Waals surface area contributed by atoms with Gasteiger partial charge in [0.05, 0.1) is 18.4 Å². The smallest absolute Gasteiger partial charge is 0.165 e. The fourth-order valence-corrected chi connectivity index (χ4v) is 3.62. The zero-order valence-corrected chi connectivity index (χ0v) is 15.4. The van der Waals surface area contributed by atoms with E-state index in [4.69, 9.17) is 11.5 Å². The summed E-state index contributed by atoms with van der Waals surface area (Å²) in [6.45, 7) is 0.945. The molecule has 3 aromatic heterocycles. The van der Waals surface area contributed by atoms with Crippen LogP contribution >= 0.6 is 0 Å². The highest BCUT2D eigenvalue weighted by molar-refractivity contribution is 5.89. The molecule has 144 valence electrons. The summed E-state index contributed by atoms with van der Waals surface area (Å²) >= 11 is 0. The fourth-order valence-electron chi connectivity index (χ4n) is 3.62. The van der Waals surface area contributed by atoms with Crippen molar-refractivity contribution < 1.29 is 4.39 Å². The zero-order valence-electron chi connectivity index (χ0n) is 15.4. The predicted octanol–water partition coefficient (Wildman–Crippen LogP) is 3.20. The number of anilines is 1. The lowest BCUT2D eigenvalue weighted by atomic mass is 10.00. The number of hydrogen-bond acceptors (Lipinski definition) is 5. The molecule has 5 rings (SSSR count). The van der Waals surface area contributed by atoms with Crippen LogP contribution in [0.4, 0.5) is 10.2 Å². The Balaban J connectivity index is 1.67. The number of nitrogens with zero attached hydrogens (tertiary/aromatic N) is 4. The van der Waals surface area contributed by atoms with Crippen molar-refractivity contribution in [3.8, 4) is 11.1 Å². The molecule has 0 atom stereocenters. The molecule has 8 heteroatoms. The van der Waals surface area contributed by atoms with Crippen LogP contribution in [0.2, 0.25) is 0 Å². The van der Waals surface area contributed by atoms with E-state index in [1.165, 1.54) is 18.5 Å². The topological polar surface area (TPSA) is 111 Å². The van der Waals surface area contributed by atoms with E-state index in [2.05, 4.69) is 32.1 Å². The molecule has 0 aliphatic heterocycles. The van der Waals surface area contributed by atoms with Crippen LogP contribution in [0.3, 0.4) is 0 Å². The van der Waals surface area contributed by atoms with Crippen LogP contribution in [0.1, 0.15) is 11.3 Å². The van der Waals surface area contributed by atoms with E-state index in [0.717, 1.165) is 33.3 Å². The number of nitrogens with two attached hydrogens (primary N) is 2. The molecule has 2 aromatic carbocycles. The van der Waals surface area contributed by atoms with Gasteiger partial charge >= 0.3 is 0 Å². The summed E-state index contributed by atoms with van der Waals surface area (Å²) in [4.78, 5) is 16.1. The molecule has 3 heterocycles. The second-order valence-corrected chi connectivity index (χ2v) is 6.91. The van der Waals surface area contributed by atoms with Gasteiger partial charge in [0.15, 0.2) is 11.5 Å². The summed E-state index contributed by atoms with van der Waals surface area (Å²) in [5, 5.41) is 1.04. The van der Waals surface area contributed by atoms with Crippen LogP contribution in [-0.2, 0) is 13.1 Å². The predicted molar refractivity (Wildman–Crippen MR) is 110 cm³/mol. The lowest BCUT2D eigenvalue weighted by Gasteiger charge is -2.10. The second-order valence-electron chi connectivity index (χ2n) is 6.91. The van der Waals surface area contributed by atoms with Crippen LogP contribution in [0.5, 0.6) is 0 Å². The fraction of sp³-hybridized carbons (Fsp3) is 0.0952. The van der Waals surface area contributed by atoms with Crippen molar-refractivity contribution in [3.05, 3.63) is 72.2 Å². The van der Waals surface area contributed by atoms with Gasteiger partial charge in [-0.2, -0.15) is 0 Å². The van der Waals surface area contributed by atoms with Crippen LogP contribution in [0.25, 0.3) is 33.2 Å². The first-order valence-electron chi connectivity index (χ1n) is 9.14. The number of aromatic nitrogens is 5. The third kappa shape index (κ3) is 2.99. The first-order valence-corrected chi connectivity index (χ1v) is 9.14. The van der Waals surface area contributed by atoms with Crippen LogP contribution in [0, 0.1) is 5.82 Å². The van der Waals surface area contributed by atoms with Crippen molar-refractivity contribution in [2.75, 3.05) is 5.73 Å². The number of aromatic amines is 1. The molecule has 0 unspecified atom stereocenters. The Morgan fingerprint density at radius 2 is 1.83 bits per heavy atom. The summed E-state index contributed by atoms with van der Waals surface area (Å²) in [7, 11) is 0. The number of imidazole rings is 1. The monoisotopic (exact) mass is 387 g/mol. The normalized spacial score (nSPS) is 11.5. The van der Waals surface area contributed by atoms with Crippen molar-refractivity contribution in [3.63, 3.8) is 0 Å². The number of nitrogens with one attached hydrogen (secondary N) is 1. The molecule has 7 nitrogen and oxygen atoms in total. The highest BCUT2D eigenvalue weighted by Gasteiger charge is 2.13. The molecule has 0 amide bonds. The van der Waals surface area contributed by atoms with Gasteiger partial charge in [-0.05, 0) is 47.0 Å². The van der Waals surface area contributed by atoms with Gasteiger partial charge < -0.3 is 21.0 Å². The van der Waals surface area contributed by atoms with Gasteiger partial charge in [0.2, 0.25) is 0 Å². The molecule has 0 bridgehead atoms. The number of fused-ring (bicyclic) bond motifs is 2. The van der Waals surface area contributed by atoms with E-state index in [0.29, 0.717) is 30.1 Å². The molecule has 0 radical (unpaired) electrons. The Bertz CT molecular complexity index is 1330. The molecular weight excluding hydrogens is 369 g/mol. The molecule has 0 aliphatic rings. The summed E-state index contributed by atoms with van der Waals surface area (Å²) in [5.74, 6) is 0.0912. The Morgan fingerprint density at radius 3 is 2.62 bits per heavy atom. The number of H-pyrrole nitrogens is 1. The van der Waals surface area contributed by atoms with E-state index in [1.807, 2.05) is 10.6 Å². The largest absolute Gasteiger partial charge is 0.382 e. The maximum Gasteiger partial charge on any atom is 0.165 e. The molecular formula is C21H18FN7. The summed E-state index contributed by atoms with van der Waals surface area (Å²) in [6.07, 6.45) is 3.14. The van der Waals surface area contributed by atoms with Crippen molar-refractivity contribution in [1.29, 1.82) is 0 Å². The van der Waals surface area contributed by atoms with E-state index in [9.17, 15) is 4.39 Å². The molecule has 5 N–H and O–H groups in total. The number of rotatable bonds is 4. The minimum Gasteiger partial charge on any atom is -0.382 e. The lowest BCUT2D eigenvalue weighted by Crippen LogP contribution is -2.02. The highest BCUT2D eigenvalue weighted by atomic mass is 19.1. The minimum atomic E-state index is -0.260.